The van der Waals surface area contributed by atoms with Gasteiger partial charge in [-0.15, -0.1) is 0 Å². The largest absolute Gasteiger partial charge is 0.383 e. The number of aromatic nitrogens is 2. The van der Waals surface area contributed by atoms with Crippen LogP contribution in [0.5, 0.6) is 0 Å². The lowest BCUT2D eigenvalue weighted by atomic mass is 10.2. The molecule has 1 fully saturated rings. The van der Waals surface area contributed by atoms with E-state index in [0.717, 1.165) is 30.9 Å². The lowest BCUT2D eigenvalue weighted by Crippen LogP contribution is -2.36. The lowest BCUT2D eigenvalue weighted by molar-refractivity contribution is -0.119. The van der Waals surface area contributed by atoms with Crippen molar-refractivity contribution in [2.24, 2.45) is 0 Å². The molecule has 1 aliphatic rings. The number of nitrogens with zero attached hydrogens (tertiary/aromatic N) is 3. The molecule has 1 aromatic heterocycles. The van der Waals surface area contributed by atoms with Gasteiger partial charge in [0.05, 0.1) is 0 Å². The Morgan fingerprint density at radius 1 is 1.44 bits per heavy atom. The quantitative estimate of drug-likeness (QED) is 0.792. The molecule has 1 saturated heterocycles. The first-order valence-corrected chi connectivity index (χ1v) is 6.10. The Morgan fingerprint density at radius 2 is 2.17 bits per heavy atom. The van der Waals surface area contributed by atoms with Gasteiger partial charge in [0, 0.05) is 31.6 Å². The van der Waals surface area contributed by atoms with Crippen molar-refractivity contribution in [1.29, 1.82) is 0 Å². The second-order valence-electron chi connectivity index (χ2n) is 4.74. The van der Waals surface area contributed by atoms with Gasteiger partial charge < -0.3 is 16.0 Å². The number of carbonyl (C=O) groups excluding carboxylic acids is 1. The van der Waals surface area contributed by atoms with Gasteiger partial charge in [-0.1, -0.05) is 0 Å². The van der Waals surface area contributed by atoms with E-state index in [4.69, 9.17) is 5.73 Å². The number of rotatable bonds is 2. The molecule has 2 heterocycles. The molecule has 1 aromatic rings. The summed E-state index contributed by atoms with van der Waals surface area (Å²) in [5.74, 6) is 2.10. The molecule has 98 valence electrons. The molecule has 0 saturated carbocycles. The van der Waals surface area contributed by atoms with Crippen LogP contribution in [0, 0.1) is 13.8 Å². The van der Waals surface area contributed by atoms with Crippen LogP contribution in [0.1, 0.15) is 24.7 Å². The van der Waals surface area contributed by atoms with E-state index in [1.807, 2.05) is 13.8 Å². The van der Waals surface area contributed by atoms with Crippen LogP contribution >= 0.6 is 0 Å². The fourth-order valence-electron chi connectivity index (χ4n) is 2.30. The minimum absolute atomic E-state index is 0.0111. The van der Waals surface area contributed by atoms with Gasteiger partial charge >= 0.3 is 0 Å². The molecule has 6 nitrogen and oxygen atoms in total. The Hall–Kier alpha value is -1.85. The van der Waals surface area contributed by atoms with E-state index >= 15 is 0 Å². The van der Waals surface area contributed by atoms with Crippen LogP contribution in [0.4, 0.5) is 11.6 Å². The second kappa shape index (κ2) is 4.80. The molecule has 3 N–H and O–H groups in total. The minimum Gasteiger partial charge on any atom is -0.383 e. The third-order valence-electron chi connectivity index (χ3n) is 3.16. The van der Waals surface area contributed by atoms with Crippen LogP contribution in [-0.4, -0.2) is 35.0 Å². The van der Waals surface area contributed by atoms with E-state index in [9.17, 15) is 4.79 Å². The van der Waals surface area contributed by atoms with E-state index in [2.05, 4.69) is 20.2 Å². The highest BCUT2D eigenvalue weighted by Crippen LogP contribution is 2.24. The summed E-state index contributed by atoms with van der Waals surface area (Å²) < 4.78 is 0. The van der Waals surface area contributed by atoms with Crippen molar-refractivity contribution in [2.45, 2.75) is 33.2 Å². The van der Waals surface area contributed by atoms with Crippen LogP contribution in [0.2, 0.25) is 0 Å². The average molecular weight is 249 g/mol. The van der Waals surface area contributed by atoms with Crippen molar-refractivity contribution < 1.29 is 4.79 Å². The first kappa shape index (κ1) is 12.6. The Balaban J connectivity index is 2.16. The summed E-state index contributed by atoms with van der Waals surface area (Å²) in [6, 6.07) is 0.193. The molecule has 0 aliphatic carbocycles. The number of amides is 1. The number of hydrogen-bond donors (Lipinski definition) is 2. The molecular formula is C12H19N5O. The number of anilines is 2. The van der Waals surface area contributed by atoms with Crippen molar-refractivity contribution in [3.05, 3.63) is 11.4 Å². The van der Waals surface area contributed by atoms with E-state index < -0.39 is 0 Å². The SMILES string of the molecule is CC(=O)NC1CCN(c2nc(C)nc(N)c2C)C1. The standard InChI is InChI=1S/C12H19N5O/c1-7-11(13)14-8(2)15-12(7)17-5-4-10(6-17)16-9(3)18/h10H,4-6H2,1-3H3,(H,16,18)(H2,13,14,15). The maximum absolute atomic E-state index is 11.0. The summed E-state index contributed by atoms with van der Waals surface area (Å²) in [5, 5.41) is 2.93. The third kappa shape index (κ3) is 2.52. The van der Waals surface area contributed by atoms with Gasteiger partial charge in [0.2, 0.25) is 5.91 Å². The van der Waals surface area contributed by atoms with Gasteiger partial charge in [0.25, 0.3) is 0 Å². The molecule has 6 heteroatoms. The van der Waals surface area contributed by atoms with Crippen molar-refractivity contribution >= 4 is 17.5 Å². The highest BCUT2D eigenvalue weighted by molar-refractivity contribution is 5.73. The fraction of sp³-hybridized carbons (Fsp3) is 0.583. The summed E-state index contributed by atoms with van der Waals surface area (Å²) in [5.41, 5.74) is 6.76. The van der Waals surface area contributed by atoms with E-state index in [-0.39, 0.29) is 11.9 Å². The Bertz CT molecular complexity index is 474. The average Bonchev–Trinajstić information content (AvgIpc) is 2.70. The van der Waals surface area contributed by atoms with Gasteiger partial charge in [0.15, 0.2) is 0 Å². The van der Waals surface area contributed by atoms with Crippen molar-refractivity contribution in [3.8, 4) is 0 Å². The first-order chi connectivity index (χ1) is 8.47. The van der Waals surface area contributed by atoms with Crippen LogP contribution in [0.25, 0.3) is 0 Å². The predicted octanol–water partition coefficient (Wildman–Crippen LogP) is 0.390. The topological polar surface area (TPSA) is 84.1 Å². The van der Waals surface area contributed by atoms with Crippen molar-refractivity contribution in [1.82, 2.24) is 15.3 Å². The van der Waals surface area contributed by atoms with Crippen LogP contribution in [-0.2, 0) is 4.79 Å². The molecule has 2 rings (SSSR count). The molecular weight excluding hydrogens is 230 g/mol. The van der Waals surface area contributed by atoms with E-state index in [1.54, 1.807) is 6.92 Å². The van der Waals surface area contributed by atoms with Gasteiger partial charge in [-0.05, 0) is 20.3 Å². The monoisotopic (exact) mass is 249 g/mol. The maximum atomic E-state index is 11.0. The highest BCUT2D eigenvalue weighted by atomic mass is 16.1. The van der Waals surface area contributed by atoms with Gasteiger partial charge in [-0.3, -0.25) is 4.79 Å². The van der Waals surface area contributed by atoms with Crippen molar-refractivity contribution in [2.75, 3.05) is 23.7 Å². The Morgan fingerprint density at radius 3 is 2.83 bits per heavy atom. The lowest BCUT2D eigenvalue weighted by Gasteiger charge is -2.20. The van der Waals surface area contributed by atoms with Crippen LogP contribution < -0.4 is 16.0 Å². The Kier molecular flexibility index (Phi) is 3.36. The summed E-state index contributed by atoms with van der Waals surface area (Å²) in [6.45, 7) is 6.95. The van der Waals surface area contributed by atoms with Crippen molar-refractivity contribution in [3.63, 3.8) is 0 Å². The summed E-state index contributed by atoms with van der Waals surface area (Å²) in [6.07, 6.45) is 0.933. The molecule has 0 bridgehead atoms. The molecule has 1 aliphatic heterocycles. The molecule has 1 atom stereocenters. The van der Waals surface area contributed by atoms with Gasteiger partial charge in [0.1, 0.15) is 17.5 Å². The molecule has 0 spiro atoms. The second-order valence-corrected chi connectivity index (χ2v) is 4.74. The van der Waals surface area contributed by atoms with Gasteiger partial charge in [-0.2, -0.15) is 0 Å². The maximum Gasteiger partial charge on any atom is 0.217 e. The predicted molar refractivity (Wildman–Crippen MR) is 70.4 cm³/mol. The highest BCUT2D eigenvalue weighted by Gasteiger charge is 2.25. The Labute approximate surface area is 107 Å². The molecule has 18 heavy (non-hydrogen) atoms. The molecule has 0 radical (unpaired) electrons. The normalized spacial score (nSPS) is 19.1. The number of nitrogens with two attached hydrogens (primary N) is 1. The summed E-state index contributed by atoms with van der Waals surface area (Å²) in [7, 11) is 0. The summed E-state index contributed by atoms with van der Waals surface area (Å²) >= 11 is 0. The zero-order chi connectivity index (χ0) is 13.3. The number of nitrogen functional groups attached to an aromatic ring is 1. The van der Waals surface area contributed by atoms with Crippen LogP contribution in [0.15, 0.2) is 0 Å². The first-order valence-electron chi connectivity index (χ1n) is 6.10. The summed E-state index contributed by atoms with van der Waals surface area (Å²) in [4.78, 5) is 21.8. The molecule has 1 amide bonds. The van der Waals surface area contributed by atoms with E-state index in [1.165, 1.54) is 0 Å². The number of carbonyl (C=O) groups is 1. The smallest absolute Gasteiger partial charge is 0.217 e. The minimum atomic E-state index is 0.0111. The number of aryl methyl sites for hydroxylation is 1. The van der Waals surface area contributed by atoms with Crippen LogP contribution in [0.3, 0.4) is 0 Å². The third-order valence-corrected chi connectivity index (χ3v) is 3.16. The number of nitrogens with one attached hydrogen (secondary N) is 1. The zero-order valence-electron chi connectivity index (χ0n) is 11.0. The van der Waals surface area contributed by atoms with Gasteiger partial charge in [-0.25, -0.2) is 9.97 Å². The molecule has 1 unspecified atom stereocenters. The fourth-order valence-corrected chi connectivity index (χ4v) is 2.30. The van der Waals surface area contributed by atoms with E-state index in [0.29, 0.717) is 11.6 Å². The molecule has 0 aromatic carbocycles. The number of hydrogen-bond acceptors (Lipinski definition) is 5. The zero-order valence-corrected chi connectivity index (χ0v) is 11.0.